The number of nitrogen functional groups attached to an aromatic ring is 1. The average Bonchev–Trinajstić information content (AvgIpc) is 3.36. The molecule has 0 unspecified atom stereocenters. The number of carbonyl (C=O) groups excluding carboxylic acids is 4. The number of anilines is 2. The molecular weight excluding hydrogens is 734 g/mol. The summed E-state index contributed by atoms with van der Waals surface area (Å²) in [5, 5.41) is 3.46. The Morgan fingerprint density at radius 2 is 1.59 bits per heavy atom. The normalized spacial score (nSPS) is 19.7. The number of carbonyl (C=O) groups is 4. The molecule has 0 aliphatic carbocycles. The fraction of sp³-hybridized carbons (Fsp3) is 0.619. The van der Waals surface area contributed by atoms with Crippen molar-refractivity contribution in [2.24, 2.45) is 11.8 Å². The molecule has 2 aromatic rings. The summed E-state index contributed by atoms with van der Waals surface area (Å²) in [5.74, 6) is 0.784. The Balaban J connectivity index is 1.00. The van der Waals surface area contributed by atoms with Gasteiger partial charge in [-0.25, -0.2) is 9.59 Å². The van der Waals surface area contributed by atoms with Crippen molar-refractivity contribution < 1.29 is 28.7 Å². The minimum atomic E-state index is -1.01. The van der Waals surface area contributed by atoms with E-state index in [1.165, 1.54) is 0 Å². The number of aryl methyl sites for hydroxylation is 1. The average molecular weight is 794 g/mol. The Labute approximate surface area is 336 Å². The molecular formula is C42H60ClN7O6. The maximum atomic E-state index is 14.2. The van der Waals surface area contributed by atoms with Crippen LogP contribution in [0, 0.1) is 18.8 Å². The number of nitrogens with one attached hydrogen (secondary N) is 1. The molecule has 13 nitrogen and oxygen atoms in total. The Morgan fingerprint density at radius 1 is 0.929 bits per heavy atom. The Morgan fingerprint density at radius 3 is 2.27 bits per heavy atom. The molecule has 0 spiro atoms. The highest BCUT2D eigenvalue weighted by Gasteiger charge is 2.37. The molecule has 0 saturated carbocycles. The van der Waals surface area contributed by atoms with Gasteiger partial charge in [-0.05, 0) is 120 Å². The van der Waals surface area contributed by atoms with Gasteiger partial charge in [-0.2, -0.15) is 0 Å². The van der Waals surface area contributed by atoms with Crippen molar-refractivity contribution >= 4 is 47.0 Å². The van der Waals surface area contributed by atoms with E-state index in [2.05, 4.69) is 10.2 Å². The van der Waals surface area contributed by atoms with Crippen molar-refractivity contribution in [3.8, 4) is 0 Å². The highest BCUT2D eigenvalue weighted by atomic mass is 35.5. The molecule has 0 radical (unpaired) electrons. The van der Waals surface area contributed by atoms with E-state index in [4.69, 9.17) is 26.8 Å². The third kappa shape index (κ3) is 10.9. The summed E-state index contributed by atoms with van der Waals surface area (Å²) in [5.41, 5.74) is 10.2. The number of esters is 1. The quantitative estimate of drug-likeness (QED) is 0.217. The van der Waals surface area contributed by atoms with Crippen LogP contribution in [-0.4, -0.2) is 140 Å². The fourth-order valence-electron chi connectivity index (χ4n) is 8.74. The van der Waals surface area contributed by atoms with Gasteiger partial charge >= 0.3 is 18.1 Å². The van der Waals surface area contributed by atoms with E-state index in [1.54, 1.807) is 11.0 Å². The number of para-hydroxylation sites is 1. The van der Waals surface area contributed by atoms with E-state index in [0.29, 0.717) is 81.1 Å². The molecule has 56 heavy (non-hydrogen) atoms. The Hall–Kier alpha value is -4.07. The first kappa shape index (κ1) is 41.6. The lowest BCUT2D eigenvalue weighted by Gasteiger charge is -2.41. The second kappa shape index (κ2) is 19.4. The lowest BCUT2D eigenvalue weighted by Crippen LogP contribution is -2.52. The van der Waals surface area contributed by atoms with E-state index < -0.39 is 12.2 Å². The number of likely N-dealkylation sites (tertiary alicyclic amines) is 3. The number of likely N-dealkylation sites (N-methyl/N-ethyl adjacent to an activating group) is 1. The van der Waals surface area contributed by atoms with Crippen molar-refractivity contribution in [2.45, 2.75) is 76.9 Å². The Bertz CT molecular complexity index is 1660. The fourth-order valence-corrected chi connectivity index (χ4v) is 9.03. The third-order valence-electron chi connectivity index (χ3n) is 12.2. The maximum Gasteiger partial charge on any atom is 0.410 e. The number of hydrogen-bond acceptors (Lipinski definition) is 9. The Kier molecular flexibility index (Phi) is 14.4. The van der Waals surface area contributed by atoms with Crippen LogP contribution in [0.4, 0.5) is 21.0 Å². The molecule has 3 fully saturated rings. The summed E-state index contributed by atoms with van der Waals surface area (Å²) in [6.45, 7) is 8.38. The molecule has 2 aromatic carbocycles. The van der Waals surface area contributed by atoms with Gasteiger partial charge in [-0.15, -0.1) is 0 Å². The molecule has 3 saturated heterocycles. The monoisotopic (exact) mass is 793 g/mol. The summed E-state index contributed by atoms with van der Waals surface area (Å²) in [7, 11) is 3.92. The maximum absolute atomic E-state index is 14.2. The van der Waals surface area contributed by atoms with Crippen LogP contribution < -0.4 is 11.1 Å². The third-order valence-corrected chi connectivity index (χ3v) is 12.5. The molecule has 1 atom stereocenters. The van der Waals surface area contributed by atoms with Crippen molar-refractivity contribution in [2.75, 3.05) is 90.7 Å². The van der Waals surface area contributed by atoms with E-state index in [9.17, 15) is 19.2 Å². The second-order valence-corrected chi connectivity index (χ2v) is 16.7. The molecule has 14 heteroatoms. The van der Waals surface area contributed by atoms with E-state index >= 15 is 0 Å². The molecule has 3 N–H and O–H groups in total. The van der Waals surface area contributed by atoms with Gasteiger partial charge in [0.1, 0.15) is 6.61 Å². The van der Waals surface area contributed by atoms with Crippen LogP contribution in [-0.2, 0) is 31.9 Å². The SMILES string of the molecule is Cc1cc(C[C@@H](OC(=O)N2CCC(N3CCc4ccccc4NC3=O)CC2)C(=O)N2CCC(C3CCN(CCC(=O)OCCN(C)C)CC3)CC2)cc(Cl)c1N. The largest absolute Gasteiger partial charge is 0.464 e. The summed E-state index contributed by atoms with van der Waals surface area (Å²) >= 11 is 6.45. The number of nitrogens with two attached hydrogens (primary N) is 1. The van der Waals surface area contributed by atoms with Crippen molar-refractivity contribution in [1.82, 2.24) is 24.5 Å². The number of rotatable bonds is 12. The van der Waals surface area contributed by atoms with Crippen LogP contribution in [0.25, 0.3) is 0 Å². The number of hydrogen-bond donors (Lipinski definition) is 2. The molecule has 4 aliphatic rings. The molecule has 4 aliphatic heterocycles. The van der Waals surface area contributed by atoms with Crippen molar-refractivity contribution in [3.63, 3.8) is 0 Å². The number of ether oxygens (including phenoxy) is 2. The number of benzene rings is 2. The predicted octanol–water partition coefficient (Wildman–Crippen LogP) is 5.28. The zero-order valence-electron chi connectivity index (χ0n) is 33.3. The van der Waals surface area contributed by atoms with Crippen molar-refractivity contribution in [3.05, 3.63) is 58.1 Å². The molecule has 6 rings (SSSR count). The topological polar surface area (TPSA) is 141 Å². The van der Waals surface area contributed by atoms with Crippen LogP contribution in [0.3, 0.4) is 0 Å². The van der Waals surface area contributed by atoms with Crippen LogP contribution >= 0.6 is 11.6 Å². The van der Waals surface area contributed by atoms with Crippen LogP contribution in [0.2, 0.25) is 5.02 Å². The minimum absolute atomic E-state index is 0.000990. The zero-order valence-corrected chi connectivity index (χ0v) is 34.1. The summed E-state index contributed by atoms with van der Waals surface area (Å²) in [6.07, 6.45) is 5.08. The zero-order chi connectivity index (χ0) is 39.8. The van der Waals surface area contributed by atoms with E-state index in [-0.39, 0.29) is 30.4 Å². The standard InChI is InChI=1S/C42H60ClN7O6/c1-29-26-30(27-35(43)39(29)44)28-37(56-42(54)49-21-13-34(14-22-49)50-23-12-33-6-4-5-7-36(33)45-41(50)53)40(52)48-19-10-32(11-20-48)31-8-16-47(17-9-31)18-15-38(51)55-25-24-46(2)3/h4-7,26-27,31-32,34,37H,8-25,28,44H2,1-3H3,(H,45,53)/t37-/m1/s1. The first-order chi connectivity index (χ1) is 26.9. The van der Waals surface area contributed by atoms with Gasteiger partial charge in [-0.1, -0.05) is 35.9 Å². The number of nitrogens with zero attached hydrogens (tertiary/aromatic N) is 5. The van der Waals surface area contributed by atoms with Gasteiger partial charge in [0, 0.05) is 64.0 Å². The van der Waals surface area contributed by atoms with Crippen LogP contribution in [0.15, 0.2) is 36.4 Å². The predicted molar refractivity (Wildman–Crippen MR) is 218 cm³/mol. The number of fused-ring (bicyclic) bond motifs is 1. The molecule has 4 amide bonds. The smallest absolute Gasteiger partial charge is 0.410 e. The highest BCUT2D eigenvalue weighted by molar-refractivity contribution is 6.33. The first-order valence-corrected chi connectivity index (χ1v) is 20.8. The summed E-state index contributed by atoms with van der Waals surface area (Å²) in [6, 6.07) is 11.4. The minimum Gasteiger partial charge on any atom is -0.464 e. The summed E-state index contributed by atoms with van der Waals surface area (Å²) in [4.78, 5) is 63.0. The summed E-state index contributed by atoms with van der Waals surface area (Å²) < 4.78 is 11.5. The first-order valence-electron chi connectivity index (χ1n) is 20.4. The van der Waals surface area contributed by atoms with Crippen LogP contribution in [0.5, 0.6) is 0 Å². The number of amides is 4. The van der Waals surface area contributed by atoms with Crippen molar-refractivity contribution in [1.29, 1.82) is 0 Å². The molecule has 306 valence electrons. The molecule has 4 heterocycles. The van der Waals surface area contributed by atoms with Gasteiger partial charge < -0.3 is 45.0 Å². The van der Waals surface area contributed by atoms with Crippen LogP contribution in [0.1, 0.15) is 61.6 Å². The van der Waals surface area contributed by atoms with E-state index in [0.717, 1.165) is 80.7 Å². The van der Waals surface area contributed by atoms with Gasteiger partial charge in [0.2, 0.25) is 0 Å². The lowest BCUT2D eigenvalue weighted by atomic mass is 9.78. The van der Waals surface area contributed by atoms with Gasteiger partial charge in [0.05, 0.1) is 17.1 Å². The number of urea groups is 1. The number of halogens is 1. The van der Waals surface area contributed by atoms with Gasteiger partial charge in [-0.3, -0.25) is 9.59 Å². The van der Waals surface area contributed by atoms with Gasteiger partial charge in [0.15, 0.2) is 6.10 Å². The number of piperidine rings is 3. The molecule has 0 aromatic heterocycles. The lowest BCUT2D eigenvalue weighted by molar-refractivity contribution is -0.144. The highest BCUT2D eigenvalue weighted by Crippen LogP contribution is 2.34. The van der Waals surface area contributed by atoms with Gasteiger partial charge in [0.25, 0.3) is 5.91 Å². The molecule has 0 bridgehead atoms. The van der Waals surface area contributed by atoms with E-state index in [1.807, 2.05) is 66.1 Å². The second-order valence-electron chi connectivity index (χ2n) is 16.2.